The summed E-state index contributed by atoms with van der Waals surface area (Å²) in [6.45, 7) is 2.89. The van der Waals surface area contributed by atoms with Crippen LogP contribution < -0.4 is 5.32 Å². The van der Waals surface area contributed by atoms with E-state index in [0.717, 1.165) is 24.8 Å². The Morgan fingerprint density at radius 1 is 1.42 bits per heavy atom. The van der Waals surface area contributed by atoms with Gasteiger partial charge in [0.05, 0.1) is 0 Å². The second-order valence-corrected chi connectivity index (χ2v) is 4.98. The molecular weight excluding hydrogens is 262 g/mol. The Morgan fingerprint density at radius 3 is 2.84 bits per heavy atom. The quantitative estimate of drug-likeness (QED) is 0.721. The SMILES string of the molecule is CCCC(CCO)CNC(=O)c1cccc(CCl)c1. The van der Waals surface area contributed by atoms with Gasteiger partial charge in [-0.25, -0.2) is 0 Å². The third kappa shape index (κ3) is 5.62. The molecule has 2 N–H and O–H groups in total. The van der Waals surface area contributed by atoms with E-state index in [0.29, 0.717) is 23.9 Å². The number of hydrogen-bond donors (Lipinski definition) is 2. The Kier molecular flexibility index (Phi) is 7.53. The molecule has 0 fully saturated rings. The van der Waals surface area contributed by atoms with Gasteiger partial charge in [-0.3, -0.25) is 4.79 Å². The van der Waals surface area contributed by atoms with Crippen LogP contribution in [0.15, 0.2) is 24.3 Å². The summed E-state index contributed by atoms with van der Waals surface area (Å²) in [7, 11) is 0. The minimum atomic E-state index is -0.0778. The highest BCUT2D eigenvalue weighted by molar-refractivity contribution is 6.17. The van der Waals surface area contributed by atoms with Crippen LogP contribution in [0.2, 0.25) is 0 Å². The van der Waals surface area contributed by atoms with E-state index in [1.807, 2.05) is 18.2 Å². The fourth-order valence-electron chi connectivity index (χ4n) is 2.07. The van der Waals surface area contributed by atoms with Gasteiger partial charge in [-0.1, -0.05) is 25.5 Å². The van der Waals surface area contributed by atoms with Gasteiger partial charge in [-0.2, -0.15) is 0 Å². The summed E-state index contributed by atoms with van der Waals surface area (Å²) < 4.78 is 0. The highest BCUT2D eigenvalue weighted by Crippen LogP contribution is 2.11. The number of aliphatic hydroxyl groups excluding tert-OH is 1. The van der Waals surface area contributed by atoms with Crippen LogP contribution in [0.3, 0.4) is 0 Å². The number of rotatable bonds is 8. The Labute approximate surface area is 120 Å². The number of halogens is 1. The summed E-state index contributed by atoms with van der Waals surface area (Å²) >= 11 is 5.75. The van der Waals surface area contributed by atoms with Crippen molar-refractivity contribution in [2.75, 3.05) is 13.2 Å². The fourth-order valence-corrected chi connectivity index (χ4v) is 2.24. The van der Waals surface area contributed by atoms with Gasteiger partial charge < -0.3 is 10.4 Å². The Hall–Kier alpha value is -1.06. The van der Waals surface area contributed by atoms with Crippen molar-refractivity contribution in [1.82, 2.24) is 5.32 Å². The first-order valence-electron chi connectivity index (χ1n) is 6.75. The maximum atomic E-state index is 12.0. The largest absolute Gasteiger partial charge is 0.396 e. The molecule has 1 aromatic carbocycles. The number of benzene rings is 1. The normalized spacial score (nSPS) is 12.2. The molecule has 0 heterocycles. The van der Waals surface area contributed by atoms with Crippen molar-refractivity contribution in [1.29, 1.82) is 0 Å². The molecule has 1 aromatic rings. The number of hydrogen-bond acceptors (Lipinski definition) is 2. The van der Waals surface area contributed by atoms with E-state index in [-0.39, 0.29) is 12.5 Å². The van der Waals surface area contributed by atoms with Crippen molar-refractivity contribution in [3.8, 4) is 0 Å². The predicted molar refractivity (Wildman–Crippen MR) is 78.4 cm³/mol. The molecule has 4 heteroatoms. The molecule has 1 atom stereocenters. The van der Waals surface area contributed by atoms with Crippen LogP contribution in [-0.2, 0) is 5.88 Å². The number of amides is 1. The van der Waals surface area contributed by atoms with E-state index in [2.05, 4.69) is 12.2 Å². The van der Waals surface area contributed by atoms with Crippen LogP contribution in [0.4, 0.5) is 0 Å². The number of carbonyl (C=O) groups excluding carboxylic acids is 1. The summed E-state index contributed by atoms with van der Waals surface area (Å²) in [5.74, 6) is 0.672. The zero-order valence-electron chi connectivity index (χ0n) is 11.4. The average molecular weight is 284 g/mol. The van der Waals surface area contributed by atoms with Gasteiger partial charge in [0.2, 0.25) is 0 Å². The molecule has 0 aliphatic rings. The number of carbonyl (C=O) groups is 1. The van der Waals surface area contributed by atoms with Gasteiger partial charge in [0, 0.05) is 24.6 Å². The van der Waals surface area contributed by atoms with Gasteiger partial charge in [-0.05, 0) is 36.5 Å². The van der Waals surface area contributed by atoms with Crippen molar-refractivity contribution in [3.63, 3.8) is 0 Å². The lowest BCUT2D eigenvalue weighted by Gasteiger charge is -2.15. The first-order valence-corrected chi connectivity index (χ1v) is 7.28. The molecule has 0 aromatic heterocycles. The monoisotopic (exact) mass is 283 g/mol. The fraction of sp³-hybridized carbons (Fsp3) is 0.533. The highest BCUT2D eigenvalue weighted by atomic mass is 35.5. The smallest absolute Gasteiger partial charge is 0.251 e. The van der Waals surface area contributed by atoms with Crippen LogP contribution in [0.1, 0.15) is 42.1 Å². The Balaban J connectivity index is 2.53. The summed E-state index contributed by atoms with van der Waals surface area (Å²) in [5.41, 5.74) is 1.58. The van der Waals surface area contributed by atoms with Gasteiger partial charge in [0.25, 0.3) is 5.91 Å². The second-order valence-electron chi connectivity index (χ2n) is 4.71. The molecule has 0 aliphatic heterocycles. The van der Waals surface area contributed by atoms with Crippen molar-refractivity contribution in [2.24, 2.45) is 5.92 Å². The lowest BCUT2D eigenvalue weighted by molar-refractivity contribution is 0.0943. The van der Waals surface area contributed by atoms with Crippen LogP contribution >= 0.6 is 11.6 Å². The summed E-state index contributed by atoms with van der Waals surface area (Å²) in [6, 6.07) is 7.33. The molecule has 3 nitrogen and oxygen atoms in total. The lowest BCUT2D eigenvalue weighted by atomic mass is 10.00. The summed E-state index contributed by atoms with van der Waals surface area (Å²) in [5, 5.41) is 11.9. The van der Waals surface area contributed by atoms with Gasteiger partial charge in [0.15, 0.2) is 0 Å². The number of aliphatic hydroxyl groups is 1. The molecule has 1 rings (SSSR count). The highest BCUT2D eigenvalue weighted by Gasteiger charge is 2.11. The maximum absolute atomic E-state index is 12.0. The molecule has 0 spiro atoms. The maximum Gasteiger partial charge on any atom is 0.251 e. The van der Waals surface area contributed by atoms with Gasteiger partial charge in [0.1, 0.15) is 0 Å². The molecule has 0 saturated heterocycles. The van der Waals surface area contributed by atoms with Crippen molar-refractivity contribution >= 4 is 17.5 Å². The van der Waals surface area contributed by atoms with Crippen LogP contribution in [0, 0.1) is 5.92 Å². The van der Waals surface area contributed by atoms with Crippen LogP contribution in [0.25, 0.3) is 0 Å². The van der Waals surface area contributed by atoms with Gasteiger partial charge >= 0.3 is 0 Å². The predicted octanol–water partition coefficient (Wildman–Crippen LogP) is 2.95. The molecule has 0 aliphatic carbocycles. The standard InChI is InChI=1S/C15H22ClNO2/c1-2-4-12(7-8-18)11-17-15(19)14-6-3-5-13(9-14)10-16/h3,5-6,9,12,18H,2,4,7-8,10-11H2,1H3,(H,17,19). The Morgan fingerprint density at radius 2 is 2.21 bits per heavy atom. The van der Waals surface area contributed by atoms with Crippen molar-refractivity contribution < 1.29 is 9.90 Å². The minimum Gasteiger partial charge on any atom is -0.396 e. The number of nitrogens with one attached hydrogen (secondary N) is 1. The second kappa shape index (κ2) is 8.94. The molecule has 0 radical (unpaired) electrons. The third-order valence-electron chi connectivity index (χ3n) is 3.13. The first-order chi connectivity index (χ1) is 9.21. The summed E-state index contributed by atoms with van der Waals surface area (Å²) in [6.07, 6.45) is 2.81. The molecule has 1 unspecified atom stereocenters. The molecule has 0 bridgehead atoms. The van der Waals surface area contributed by atoms with E-state index in [9.17, 15) is 4.79 Å². The van der Waals surface area contributed by atoms with E-state index < -0.39 is 0 Å². The lowest BCUT2D eigenvalue weighted by Crippen LogP contribution is -2.29. The average Bonchev–Trinajstić information content (AvgIpc) is 2.45. The zero-order chi connectivity index (χ0) is 14.1. The topological polar surface area (TPSA) is 49.3 Å². The molecule has 0 saturated carbocycles. The van der Waals surface area contributed by atoms with Crippen molar-refractivity contribution in [3.05, 3.63) is 35.4 Å². The van der Waals surface area contributed by atoms with E-state index in [4.69, 9.17) is 16.7 Å². The molecule has 1 amide bonds. The minimum absolute atomic E-state index is 0.0778. The third-order valence-corrected chi connectivity index (χ3v) is 3.44. The number of alkyl halides is 1. The molecule has 106 valence electrons. The molecular formula is C15H22ClNO2. The Bertz CT molecular complexity index is 389. The van der Waals surface area contributed by atoms with E-state index >= 15 is 0 Å². The van der Waals surface area contributed by atoms with Crippen LogP contribution in [0.5, 0.6) is 0 Å². The van der Waals surface area contributed by atoms with Crippen molar-refractivity contribution in [2.45, 2.75) is 32.1 Å². The van der Waals surface area contributed by atoms with E-state index in [1.165, 1.54) is 0 Å². The first kappa shape index (κ1) is 16.0. The molecule has 19 heavy (non-hydrogen) atoms. The summed E-state index contributed by atoms with van der Waals surface area (Å²) in [4.78, 5) is 12.0. The van der Waals surface area contributed by atoms with E-state index in [1.54, 1.807) is 6.07 Å². The zero-order valence-corrected chi connectivity index (χ0v) is 12.1. The van der Waals surface area contributed by atoms with Crippen LogP contribution in [-0.4, -0.2) is 24.2 Å². The van der Waals surface area contributed by atoms with Gasteiger partial charge in [-0.15, -0.1) is 11.6 Å².